The van der Waals surface area contributed by atoms with E-state index in [2.05, 4.69) is 15.5 Å². The summed E-state index contributed by atoms with van der Waals surface area (Å²) in [6, 6.07) is 0. The monoisotopic (exact) mass is 158 g/mol. The fourth-order valence-electron chi connectivity index (χ4n) is 0.486. The molecule has 0 spiro atoms. The molecular weight excluding hydrogens is 150 g/mol. The number of hydrogen-bond donors (Lipinski definition) is 0. The van der Waals surface area contributed by atoms with Crippen molar-refractivity contribution in [3.05, 3.63) is 0 Å². The van der Waals surface area contributed by atoms with E-state index in [4.69, 9.17) is 5.73 Å². The highest BCUT2D eigenvalue weighted by atomic mass is 32.2. The molecule has 0 saturated carbocycles. The number of aryl methyl sites for hydroxylation is 1. The van der Waals surface area contributed by atoms with Crippen molar-refractivity contribution in [1.29, 1.82) is 0 Å². The van der Waals surface area contributed by atoms with Gasteiger partial charge < -0.3 is 0 Å². The van der Waals surface area contributed by atoms with Crippen LogP contribution < -0.4 is 5.73 Å². The Balaban J connectivity index is 2.49. The molecule has 55 valence electrons. The highest BCUT2D eigenvalue weighted by Crippen LogP contribution is 2.09. The quantitative estimate of drug-likeness (QED) is 0.560. The summed E-state index contributed by atoms with van der Waals surface area (Å²) in [6.07, 6.45) is 0. The average molecular weight is 158 g/mol. The minimum Gasteiger partial charge on any atom is -0.257 e. The van der Waals surface area contributed by atoms with Gasteiger partial charge in [0.2, 0.25) is 5.16 Å². The van der Waals surface area contributed by atoms with Crippen molar-refractivity contribution < 1.29 is 0 Å². The Morgan fingerprint density at radius 2 is 2.50 bits per heavy atom. The number of nitrogens with one attached hydrogen (secondary N) is 1. The standard InChI is InChI=1S/C4H8N5S/c1-9-4(6-7-8-9)10-3-2-5/h5H,2-3H2,1H3. The van der Waals surface area contributed by atoms with Gasteiger partial charge in [0, 0.05) is 19.3 Å². The molecule has 0 unspecified atom stereocenters. The SMILES string of the molecule is Cn1nnnc1SCC[NH]. The Kier molecular flexibility index (Phi) is 2.64. The van der Waals surface area contributed by atoms with Gasteiger partial charge in [-0.2, -0.15) is 0 Å². The van der Waals surface area contributed by atoms with Crippen molar-refractivity contribution in [3.8, 4) is 0 Å². The normalized spacial score (nSPS) is 10.2. The van der Waals surface area contributed by atoms with Crippen LogP contribution in [-0.2, 0) is 7.05 Å². The van der Waals surface area contributed by atoms with Crippen molar-refractivity contribution in [2.24, 2.45) is 7.05 Å². The summed E-state index contributed by atoms with van der Waals surface area (Å²) in [7, 11) is 1.78. The zero-order chi connectivity index (χ0) is 7.40. The maximum atomic E-state index is 6.88. The average Bonchev–Trinajstić information content (AvgIpc) is 2.31. The van der Waals surface area contributed by atoms with Crippen molar-refractivity contribution in [1.82, 2.24) is 25.9 Å². The molecule has 0 atom stereocenters. The molecule has 0 aliphatic rings. The molecule has 0 aromatic carbocycles. The third-order valence-electron chi connectivity index (χ3n) is 0.914. The van der Waals surface area contributed by atoms with Gasteiger partial charge in [0.25, 0.3) is 0 Å². The number of tetrazole rings is 1. The van der Waals surface area contributed by atoms with Crippen LogP contribution in [0.1, 0.15) is 0 Å². The van der Waals surface area contributed by atoms with E-state index in [-0.39, 0.29) is 0 Å². The zero-order valence-electron chi connectivity index (χ0n) is 5.61. The summed E-state index contributed by atoms with van der Waals surface area (Å²) in [4.78, 5) is 0. The van der Waals surface area contributed by atoms with Gasteiger partial charge in [-0.1, -0.05) is 11.8 Å². The second-order valence-electron chi connectivity index (χ2n) is 1.68. The van der Waals surface area contributed by atoms with Gasteiger partial charge in [0.15, 0.2) is 0 Å². The van der Waals surface area contributed by atoms with E-state index in [0.29, 0.717) is 6.54 Å². The summed E-state index contributed by atoms with van der Waals surface area (Å²) >= 11 is 1.49. The largest absolute Gasteiger partial charge is 0.257 e. The first kappa shape index (κ1) is 7.49. The van der Waals surface area contributed by atoms with E-state index < -0.39 is 0 Å². The predicted octanol–water partition coefficient (Wildman–Crippen LogP) is -0.415. The summed E-state index contributed by atoms with van der Waals surface area (Å²) in [5.74, 6) is 0.744. The van der Waals surface area contributed by atoms with Crippen LogP contribution in [0.3, 0.4) is 0 Å². The molecule has 0 aliphatic carbocycles. The minimum absolute atomic E-state index is 0.400. The van der Waals surface area contributed by atoms with Crippen LogP contribution in [0, 0.1) is 0 Å². The lowest BCUT2D eigenvalue weighted by atomic mass is 10.8. The molecule has 1 aromatic rings. The number of aromatic nitrogens is 4. The van der Waals surface area contributed by atoms with Crippen LogP contribution in [0.15, 0.2) is 5.16 Å². The van der Waals surface area contributed by atoms with Gasteiger partial charge >= 0.3 is 0 Å². The second kappa shape index (κ2) is 3.52. The molecule has 1 radical (unpaired) electrons. The summed E-state index contributed by atoms with van der Waals surface area (Å²) in [5.41, 5.74) is 6.88. The Morgan fingerprint density at radius 1 is 1.70 bits per heavy atom. The van der Waals surface area contributed by atoms with Crippen molar-refractivity contribution in [2.45, 2.75) is 5.16 Å². The lowest BCUT2D eigenvalue weighted by molar-refractivity contribution is 0.664. The third-order valence-corrected chi connectivity index (χ3v) is 1.93. The van der Waals surface area contributed by atoms with E-state index in [1.807, 2.05) is 0 Å². The molecule has 10 heavy (non-hydrogen) atoms. The molecule has 5 nitrogen and oxygen atoms in total. The Hall–Kier alpha value is -0.620. The predicted molar refractivity (Wildman–Crippen MR) is 37.5 cm³/mol. The van der Waals surface area contributed by atoms with Crippen molar-refractivity contribution in [3.63, 3.8) is 0 Å². The van der Waals surface area contributed by atoms with Crippen LogP contribution in [0.2, 0.25) is 0 Å². The topological polar surface area (TPSA) is 67.4 Å². The van der Waals surface area contributed by atoms with E-state index in [0.717, 1.165) is 10.9 Å². The zero-order valence-corrected chi connectivity index (χ0v) is 6.43. The molecule has 1 aromatic heterocycles. The molecule has 1 rings (SSSR count). The Morgan fingerprint density at radius 3 is 3.00 bits per heavy atom. The van der Waals surface area contributed by atoms with Gasteiger partial charge in [0.1, 0.15) is 0 Å². The molecule has 1 N–H and O–H groups in total. The maximum Gasteiger partial charge on any atom is 0.209 e. The molecule has 0 fully saturated rings. The molecule has 0 saturated heterocycles. The van der Waals surface area contributed by atoms with Crippen molar-refractivity contribution in [2.75, 3.05) is 12.3 Å². The van der Waals surface area contributed by atoms with Gasteiger partial charge in [-0.05, 0) is 10.4 Å². The fourth-order valence-corrected chi connectivity index (χ4v) is 1.09. The van der Waals surface area contributed by atoms with E-state index in [1.165, 1.54) is 11.8 Å². The number of thioether (sulfide) groups is 1. The van der Waals surface area contributed by atoms with Gasteiger partial charge in [-0.15, -0.1) is 5.10 Å². The summed E-state index contributed by atoms with van der Waals surface area (Å²) < 4.78 is 1.60. The first-order valence-electron chi connectivity index (χ1n) is 2.84. The molecule has 6 heteroatoms. The fraction of sp³-hybridized carbons (Fsp3) is 0.750. The second-order valence-corrected chi connectivity index (χ2v) is 2.75. The Labute approximate surface area is 63.0 Å². The molecular formula is C4H8N5S. The van der Waals surface area contributed by atoms with Crippen LogP contribution >= 0.6 is 11.8 Å². The molecule has 0 amide bonds. The van der Waals surface area contributed by atoms with Gasteiger partial charge in [-0.3, -0.25) is 5.73 Å². The number of hydrogen-bond acceptors (Lipinski definition) is 4. The first-order valence-corrected chi connectivity index (χ1v) is 3.83. The number of nitrogens with zero attached hydrogens (tertiary/aromatic N) is 4. The maximum absolute atomic E-state index is 6.88. The van der Waals surface area contributed by atoms with Gasteiger partial charge in [-0.25, -0.2) is 4.68 Å². The summed E-state index contributed by atoms with van der Waals surface area (Å²) in [5, 5.41) is 11.6. The van der Waals surface area contributed by atoms with Crippen LogP contribution in [0.25, 0.3) is 0 Å². The van der Waals surface area contributed by atoms with Crippen molar-refractivity contribution >= 4 is 11.8 Å². The van der Waals surface area contributed by atoms with Crippen LogP contribution in [0.5, 0.6) is 0 Å². The summed E-state index contributed by atoms with van der Waals surface area (Å²) in [6.45, 7) is 0.400. The lowest BCUT2D eigenvalue weighted by Crippen LogP contribution is -1.95. The van der Waals surface area contributed by atoms with Gasteiger partial charge in [0.05, 0.1) is 0 Å². The van der Waals surface area contributed by atoms with E-state index in [9.17, 15) is 0 Å². The van der Waals surface area contributed by atoms with Crippen LogP contribution in [0.4, 0.5) is 0 Å². The lowest BCUT2D eigenvalue weighted by Gasteiger charge is -1.93. The molecule has 0 aliphatic heterocycles. The molecule has 1 heterocycles. The first-order chi connectivity index (χ1) is 4.84. The van der Waals surface area contributed by atoms with Crippen LogP contribution in [-0.4, -0.2) is 32.5 Å². The third kappa shape index (κ3) is 1.68. The Bertz CT molecular complexity index is 197. The smallest absolute Gasteiger partial charge is 0.209 e. The highest BCUT2D eigenvalue weighted by molar-refractivity contribution is 7.99. The van der Waals surface area contributed by atoms with E-state index >= 15 is 0 Å². The molecule has 0 bridgehead atoms. The minimum atomic E-state index is 0.400. The highest BCUT2D eigenvalue weighted by Gasteiger charge is 1.99. The number of rotatable bonds is 3. The van der Waals surface area contributed by atoms with E-state index in [1.54, 1.807) is 11.7 Å².